The molecule has 4 saturated carbocycles. The molecule has 28 heavy (non-hydrogen) atoms. The largest absolute Gasteiger partial charge is 0.493 e. The second-order valence-corrected chi connectivity index (χ2v) is 9.29. The third kappa shape index (κ3) is 2.50. The van der Waals surface area contributed by atoms with Gasteiger partial charge in [0.15, 0.2) is 0 Å². The fourth-order valence-electron chi connectivity index (χ4n) is 6.37. The first-order valence-corrected chi connectivity index (χ1v) is 10.3. The molecule has 1 aromatic carbocycles. The van der Waals surface area contributed by atoms with Crippen LogP contribution in [0.3, 0.4) is 0 Å². The maximum Gasteiger partial charge on any atom is 0.220 e. The average molecular weight is 375 g/mol. The summed E-state index contributed by atoms with van der Waals surface area (Å²) in [5.41, 5.74) is 1.62. The quantitative estimate of drug-likeness (QED) is 0.866. The molecule has 0 atom stereocenters. The number of fused-ring (bicyclic) bond motifs is 1. The SMILES string of the molecule is Cn1c(NC23CC4CC(CC(C4)C2)C3)nc(C=c2ccc3c(c2)N=CN=3)c1O. The Labute approximate surface area is 163 Å². The number of anilines is 1. The lowest BCUT2D eigenvalue weighted by Crippen LogP contribution is -2.55. The number of nitrogens with one attached hydrogen (secondary N) is 1. The second kappa shape index (κ2) is 5.69. The van der Waals surface area contributed by atoms with Crippen LogP contribution >= 0.6 is 0 Å². The molecule has 0 spiro atoms. The molecule has 5 aliphatic rings. The minimum Gasteiger partial charge on any atom is -0.493 e. The lowest BCUT2D eigenvalue weighted by molar-refractivity contribution is 0.0102. The summed E-state index contributed by atoms with van der Waals surface area (Å²) in [6, 6.07) is 5.91. The minimum atomic E-state index is 0.168. The number of aliphatic imine (C=N–C) groups is 1. The maximum atomic E-state index is 10.7. The van der Waals surface area contributed by atoms with Gasteiger partial charge in [-0.25, -0.2) is 15.0 Å². The summed E-state index contributed by atoms with van der Waals surface area (Å²) in [6.45, 7) is 0. The third-order valence-corrected chi connectivity index (χ3v) is 7.20. The van der Waals surface area contributed by atoms with Gasteiger partial charge in [0.1, 0.15) is 12.0 Å². The number of rotatable bonds is 3. The van der Waals surface area contributed by atoms with Gasteiger partial charge in [-0.1, -0.05) is 6.07 Å². The molecule has 2 aromatic rings. The second-order valence-electron chi connectivity index (χ2n) is 9.29. The Balaban J connectivity index is 1.34. The molecule has 6 nitrogen and oxygen atoms in total. The summed E-state index contributed by atoms with van der Waals surface area (Å²) >= 11 is 0. The zero-order chi connectivity index (χ0) is 18.9. The first kappa shape index (κ1) is 16.3. The standard InChI is InChI=1S/C22H25N5O/c1-27-20(28)19(8-13-2-3-17-18(7-13)24-12-23-17)25-21(27)26-22-9-14-4-15(10-22)6-16(5-14)11-22/h2-3,7-8,12,14-16,28H,4-6,9-11H2,1H3,(H,25,26). The number of aromatic hydroxyl groups is 1. The van der Waals surface area contributed by atoms with Gasteiger partial charge in [-0.2, -0.15) is 0 Å². The van der Waals surface area contributed by atoms with Crippen molar-refractivity contribution in [2.45, 2.75) is 44.1 Å². The zero-order valence-corrected chi connectivity index (χ0v) is 16.1. The predicted octanol–water partition coefficient (Wildman–Crippen LogP) is 2.63. The Bertz CT molecular complexity index is 1080. The number of aromatic nitrogens is 2. The molecule has 6 heteroatoms. The van der Waals surface area contributed by atoms with Gasteiger partial charge in [0.05, 0.1) is 11.0 Å². The van der Waals surface area contributed by atoms with E-state index < -0.39 is 0 Å². The normalized spacial score (nSPS) is 32.6. The predicted molar refractivity (Wildman–Crippen MR) is 108 cm³/mol. The van der Waals surface area contributed by atoms with Gasteiger partial charge in [0.2, 0.25) is 11.8 Å². The van der Waals surface area contributed by atoms with Crippen LogP contribution in [0.15, 0.2) is 28.2 Å². The van der Waals surface area contributed by atoms with E-state index in [9.17, 15) is 5.11 Å². The van der Waals surface area contributed by atoms with E-state index in [0.29, 0.717) is 5.69 Å². The van der Waals surface area contributed by atoms with Crippen LogP contribution < -0.4 is 15.9 Å². The highest BCUT2D eigenvalue weighted by atomic mass is 16.3. The Kier molecular flexibility index (Phi) is 3.32. The number of hydrogen-bond acceptors (Lipinski definition) is 5. The molecule has 0 saturated heterocycles. The van der Waals surface area contributed by atoms with E-state index in [4.69, 9.17) is 4.98 Å². The molecular formula is C22H25N5O. The summed E-state index contributed by atoms with van der Waals surface area (Å²) in [4.78, 5) is 13.2. The third-order valence-electron chi connectivity index (χ3n) is 7.20. The van der Waals surface area contributed by atoms with Crippen molar-refractivity contribution in [1.82, 2.24) is 9.55 Å². The van der Waals surface area contributed by atoms with E-state index >= 15 is 0 Å². The van der Waals surface area contributed by atoms with Gasteiger partial charge in [-0.3, -0.25) is 4.57 Å². The lowest BCUT2D eigenvalue weighted by Gasteiger charge is -2.57. The lowest BCUT2D eigenvalue weighted by atomic mass is 9.53. The van der Waals surface area contributed by atoms with Gasteiger partial charge >= 0.3 is 0 Å². The van der Waals surface area contributed by atoms with Gasteiger partial charge in [0, 0.05) is 12.6 Å². The monoisotopic (exact) mass is 375 g/mol. The fraction of sp³-hybridized carbons (Fsp3) is 0.500. The number of nitrogens with zero attached hydrogens (tertiary/aromatic N) is 4. The van der Waals surface area contributed by atoms with Crippen molar-refractivity contribution < 1.29 is 5.11 Å². The molecule has 2 heterocycles. The smallest absolute Gasteiger partial charge is 0.220 e. The number of hydrogen-bond donors (Lipinski definition) is 2. The first-order chi connectivity index (χ1) is 13.6. The van der Waals surface area contributed by atoms with Crippen LogP contribution in [0.5, 0.6) is 5.88 Å². The van der Waals surface area contributed by atoms with Crippen molar-refractivity contribution in [3.63, 3.8) is 0 Å². The summed E-state index contributed by atoms with van der Waals surface area (Å²) in [7, 11) is 1.88. The Hall–Kier alpha value is -2.63. The topological polar surface area (TPSA) is 74.8 Å². The molecule has 4 aliphatic carbocycles. The van der Waals surface area contributed by atoms with Crippen molar-refractivity contribution in [2.75, 3.05) is 5.32 Å². The molecule has 144 valence electrons. The van der Waals surface area contributed by atoms with E-state index in [1.807, 2.05) is 31.3 Å². The van der Waals surface area contributed by atoms with Crippen molar-refractivity contribution in [3.8, 4) is 5.88 Å². The van der Waals surface area contributed by atoms with Crippen LogP contribution in [-0.2, 0) is 7.05 Å². The van der Waals surface area contributed by atoms with Crippen molar-refractivity contribution >= 4 is 24.1 Å². The molecule has 2 N–H and O–H groups in total. The molecule has 0 radical (unpaired) electrons. The van der Waals surface area contributed by atoms with E-state index in [1.165, 1.54) is 38.5 Å². The van der Waals surface area contributed by atoms with Gasteiger partial charge in [-0.05, 0) is 79.7 Å². The van der Waals surface area contributed by atoms with Gasteiger partial charge < -0.3 is 10.4 Å². The first-order valence-electron chi connectivity index (χ1n) is 10.3. The van der Waals surface area contributed by atoms with Crippen LogP contribution in [0, 0.1) is 17.8 Å². The number of imidazole rings is 1. The molecule has 7 rings (SSSR count). The maximum absolute atomic E-state index is 10.7. The van der Waals surface area contributed by atoms with Crippen molar-refractivity contribution in [2.24, 2.45) is 34.8 Å². The Morgan fingerprint density at radius 1 is 1.14 bits per heavy atom. The summed E-state index contributed by atoms with van der Waals surface area (Å²) in [6.07, 6.45) is 11.5. The van der Waals surface area contributed by atoms with E-state index in [-0.39, 0.29) is 11.4 Å². The zero-order valence-electron chi connectivity index (χ0n) is 16.1. The van der Waals surface area contributed by atoms with Crippen LogP contribution in [-0.4, -0.2) is 26.5 Å². The highest BCUT2D eigenvalue weighted by Crippen LogP contribution is 2.56. The molecule has 1 aliphatic heterocycles. The highest BCUT2D eigenvalue weighted by Gasteiger charge is 2.51. The van der Waals surface area contributed by atoms with Crippen molar-refractivity contribution in [3.05, 3.63) is 34.5 Å². The van der Waals surface area contributed by atoms with Crippen LogP contribution in [0.2, 0.25) is 0 Å². The van der Waals surface area contributed by atoms with Crippen LogP contribution in [0.4, 0.5) is 11.6 Å². The fourth-order valence-corrected chi connectivity index (χ4v) is 6.37. The molecule has 0 amide bonds. The highest BCUT2D eigenvalue weighted by molar-refractivity contribution is 5.67. The summed E-state index contributed by atoms with van der Waals surface area (Å²) in [5.74, 6) is 3.59. The Morgan fingerprint density at radius 2 is 1.86 bits per heavy atom. The minimum absolute atomic E-state index is 0.168. The van der Waals surface area contributed by atoms with Crippen LogP contribution in [0.25, 0.3) is 6.08 Å². The molecule has 4 bridgehead atoms. The molecule has 4 fully saturated rings. The van der Waals surface area contributed by atoms with Crippen molar-refractivity contribution in [1.29, 1.82) is 0 Å². The van der Waals surface area contributed by atoms with E-state index in [2.05, 4.69) is 15.3 Å². The summed E-state index contributed by atoms with van der Waals surface area (Å²) in [5, 5.41) is 16.3. The average Bonchev–Trinajstić information content (AvgIpc) is 3.21. The number of benzene rings is 1. The van der Waals surface area contributed by atoms with Gasteiger partial charge in [0.25, 0.3) is 0 Å². The Morgan fingerprint density at radius 3 is 2.57 bits per heavy atom. The molecular weight excluding hydrogens is 350 g/mol. The molecule has 1 aromatic heterocycles. The van der Waals surface area contributed by atoms with Gasteiger partial charge in [-0.15, -0.1) is 0 Å². The van der Waals surface area contributed by atoms with E-state index in [0.717, 1.165) is 40.0 Å². The summed E-state index contributed by atoms with van der Waals surface area (Å²) < 4.78 is 1.78. The van der Waals surface area contributed by atoms with E-state index in [1.54, 1.807) is 10.9 Å². The molecule has 0 unspecified atom stereocenters. The van der Waals surface area contributed by atoms with Crippen LogP contribution in [0.1, 0.15) is 44.2 Å².